The summed E-state index contributed by atoms with van der Waals surface area (Å²) in [5.74, 6) is 1.13. The maximum Gasteiger partial charge on any atom is 0.253 e. The van der Waals surface area contributed by atoms with E-state index in [2.05, 4.69) is 29.8 Å². The number of aromatic nitrogens is 1. The molecular weight excluding hydrogens is 376 g/mol. The first-order valence-corrected chi connectivity index (χ1v) is 10.5. The first-order valence-electron chi connectivity index (χ1n) is 10.5. The van der Waals surface area contributed by atoms with E-state index in [1.165, 1.54) is 0 Å². The molecule has 6 nitrogen and oxygen atoms in total. The topological polar surface area (TPSA) is 69.5 Å². The largest absolute Gasteiger partial charge is 0.488 e. The van der Waals surface area contributed by atoms with Crippen molar-refractivity contribution in [3.8, 4) is 11.8 Å². The standard InChI is InChI=1S/C24H30N4O2/c1-17(2)22(14-25)27-8-10-28(11-9-27)24(29)21-12-18(3)23(19(4)13-21)30-16-20-6-5-7-26-15-20/h5-7,12-13,15,17,22H,8-11,16H2,1-4H3. The Morgan fingerprint density at radius 2 is 1.87 bits per heavy atom. The summed E-state index contributed by atoms with van der Waals surface area (Å²) in [4.78, 5) is 21.2. The van der Waals surface area contributed by atoms with Gasteiger partial charge in [-0.1, -0.05) is 19.9 Å². The Labute approximate surface area is 179 Å². The molecule has 3 rings (SSSR count). The molecular formula is C24H30N4O2. The van der Waals surface area contributed by atoms with Crippen molar-refractivity contribution in [2.24, 2.45) is 5.92 Å². The predicted molar refractivity (Wildman–Crippen MR) is 116 cm³/mol. The second-order valence-electron chi connectivity index (χ2n) is 8.24. The molecule has 0 bridgehead atoms. The third-order valence-electron chi connectivity index (χ3n) is 5.57. The normalized spacial score (nSPS) is 15.7. The minimum Gasteiger partial charge on any atom is -0.488 e. The Morgan fingerprint density at radius 1 is 1.20 bits per heavy atom. The first kappa shape index (κ1) is 21.8. The number of hydrogen-bond donors (Lipinski definition) is 0. The van der Waals surface area contributed by atoms with Gasteiger partial charge < -0.3 is 9.64 Å². The molecule has 0 N–H and O–H groups in total. The van der Waals surface area contributed by atoms with Crippen LogP contribution in [0.4, 0.5) is 0 Å². The Bertz CT molecular complexity index is 890. The lowest BCUT2D eigenvalue weighted by Gasteiger charge is -2.38. The van der Waals surface area contributed by atoms with Gasteiger partial charge in [0.1, 0.15) is 18.4 Å². The van der Waals surface area contributed by atoms with Crippen molar-refractivity contribution in [3.05, 3.63) is 58.9 Å². The Balaban J connectivity index is 1.65. The molecule has 2 aromatic rings. The fourth-order valence-corrected chi connectivity index (χ4v) is 3.98. The summed E-state index contributed by atoms with van der Waals surface area (Å²) in [7, 11) is 0. The number of rotatable bonds is 6. The monoisotopic (exact) mass is 406 g/mol. The third kappa shape index (κ3) is 4.98. The van der Waals surface area contributed by atoms with Crippen LogP contribution in [-0.2, 0) is 6.61 Å². The van der Waals surface area contributed by atoms with Gasteiger partial charge in [0.25, 0.3) is 5.91 Å². The van der Waals surface area contributed by atoms with Gasteiger partial charge in [-0.2, -0.15) is 5.26 Å². The van der Waals surface area contributed by atoms with Crippen LogP contribution >= 0.6 is 0 Å². The zero-order chi connectivity index (χ0) is 21.7. The average molecular weight is 407 g/mol. The Hall–Kier alpha value is -2.91. The number of benzene rings is 1. The van der Waals surface area contributed by atoms with Gasteiger partial charge in [0.2, 0.25) is 0 Å². The Morgan fingerprint density at radius 3 is 2.40 bits per heavy atom. The first-order chi connectivity index (χ1) is 14.4. The number of nitriles is 1. The van der Waals surface area contributed by atoms with Crippen LogP contribution in [0.3, 0.4) is 0 Å². The van der Waals surface area contributed by atoms with E-state index in [1.54, 1.807) is 12.4 Å². The number of pyridine rings is 1. The van der Waals surface area contributed by atoms with Crippen LogP contribution in [0.25, 0.3) is 0 Å². The van der Waals surface area contributed by atoms with Crippen LogP contribution in [0.5, 0.6) is 5.75 Å². The van der Waals surface area contributed by atoms with Gasteiger partial charge in [-0.25, -0.2) is 0 Å². The van der Waals surface area contributed by atoms with E-state index < -0.39 is 0 Å². The van der Waals surface area contributed by atoms with Gasteiger partial charge in [0, 0.05) is 49.7 Å². The van der Waals surface area contributed by atoms with E-state index in [4.69, 9.17) is 4.74 Å². The van der Waals surface area contributed by atoms with Crippen LogP contribution in [0.2, 0.25) is 0 Å². The van der Waals surface area contributed by atoms with Crippen LogP contribution in [-0.4, -0.2) is 52.9 Å². The number of hydrogen-bond acceptors (Lipinski definition) is 5. The van der Waals surface area contributed by atoms with Gasteiger partial charge in [0.15, 0.2) is 0 Å². The smallest absolute Gasteiger partial charge is 0.253 e. The molecule has 1 aliphatic heterocycles. The van der Waals surface area contributed by atoms with E-state index in [-0.39, 0.29) is 17.9 Å². The van der Waals surface area contributed by atoms with Crippen molar-refractivity contribution in [2.45, 2.75) is 40.3 Å². The zero-order valence-corrected chi connectivity index (χ0v) is 18.3. The quantitative estimate of drug-likeness (QED) is 0.733. The summed E-state index contributed by atoms with van der Waals surface area (Å²) in [6.45, 7) is 11.3. The molecule has 2 heterocycles. The number of ether oxygens (including phenoxy) is 1. The summed E-state index contributed by atoms with van der Waals surface area (Å²) >= 11 is 0. The molecule has 1 fully saturated rings. The molecule has 6 heteroatoms. The number of piperazine rings is 1. The second kappa shape index (κ2) is 9.73. The van der Waals surface area contributed by atoms with Crippen LogP contribution in [0.15, 0.2) is 36.7 Å². The fraction of sp³-hybridized carbons (Fsp3) is 0.458. The minimum atomic E-state index is -0.0945. The number of aryl methyl sites for hydroxylation is 2. The van der Waals surface area contributed by atoms with Gasteiger partial charge >= 0.3 is 0 Å². The minimum absolute atomic E-state index is 0.0395. The van der Waals surface area contributed by atoms with Crippen molar-refractivity contribution in [2.75, 3.05) is 26.2 Å². The molecule has 0 radical (unpaired) electrons. The molecule has 1 aromatic carbocycles. The highest BCUT2D eigenvalue weighted by molar-refractivity contribution is 5.95. The van der Waals surface area contributed by atoms with E-state index >= 15 is 0 Å². The van der Waals surface area contributed by atoms with Gasteiger partial charge in [-0.05, 0) is 49.1 Å². The number of amides is 1. The van der Waals surface area contributed by atoms with Crippen molar-refractivity contribution < 1.29 is 9.53 Å². The molecule has 0 spiro atoms. The number of carbonyl (C=O) groups excluding carboxylic acids is 1. The summed E-state index contributed by atoms with van der Waals surface area (Å²) < 4.78 is 6.01. The van der Waals surface area contributed by atoms with Crippen molar-refractivity contribution in [1.82, 2.24) is 14.8 Å². The van der Waals surface area contributed by atoms with E-state index in [0.29, 0.717) is 25.3 Å². The van der Waals surface area contributed by atoms with Crippen LogP contribution in [0.1, 0.15) is 40.9 Å². The molecule has 1 atom stereocenters. The van der Waals surface area contributed by atoms with E-state index in [9.17, 15) is 10.1 Å². The van der Waals surface area contributed by atoms with Gasteiger partial charge in [-0.15, -0.1) is 0 Å². The molecule has 158 valence electrons. The highest BCUT2D eigenvalue weighted by Crippen LogP contribution is 2.27. The summed E-state index contributed by atoms with van der Waals surface area (Å²) in [6, 6.07) is 9.99. The third-order valence-corrected chi connectivity index (χ3v) is 5.57. The van der Waals surface area contributed by atoms with E-state index in [0.717, 1.165) is 35.5 Å². The second-order valence-corrected chi connectivity index (χ2v) is 8.24. The van der Waals surface area contributed by atoms with Crippen molar-refractivity contribution in [1.29, 1.82) is 5.26 Å². The molecule has 1 unspecified atom stereocenters. The molecule has 30 heavy (non-hydrogen) atoms. The lowest BCUT2D eigenvalue weighted by molar-refractivity contribution is 0.0576. The lowest BCUT2D eigenvalue weighted by atomic mass is 10.0. The molecule has 0 saturated carbocycles. The molecule has 1 saturated heterocycles. The number of nitrogens with zero attached hydrogens (tertiary/aromatic N) is 4. The van der Waals surface area contributed by atoms with Crippen LogP contribution in [0, 0.1) is 31.1 Å². The zero-order valence-electron chi connectivity index (χ0n) is 18.3. The van der Waals surface area contributed by atoms with Gasteiger partial charge in [-0.3, -0.25) is 14.7 Å². The number of carbonyl (C=O) groups is 1. The van der Waals surface area contributed by atoms with Crippen molar-refractivity contribution in [3.63, 3.8) is 0 Å². The Kier molecular flexibility index (Phi) is 7.07. The maximum absolute atomic E-state index is 13.1. The van der Waals surface area contributed by atoms with Gasteiger partial charge in [0.05, 0.1) is 6.07 Å². The van der Waals surface area contributed by atoms with E-state index in [1.807, 2.05) is 43.0 Å². The summed E-state index contributed by atoms with van der Waals surface area (Å²) in [5, 5.41) is 9.42. The molecule has 1 aliphatic rings. The predicted octanol–water partition coefficient (Wildman–Crippen LogP) is 3.58. The molecule has 1 amide bonds. The molecule has 0 aliphatic carbocycles. The lowest BCUT2D eigenvalue weighted by Crippen LogP contribution is -2.52. The summed E-state index contributed by atoms with van der Waals surface area (Å²) in [6.07, 6.45) is 3.53. The average Bonchev–Trinajstić information content (AvgIpc) is 2.74. The molecule has 1 aromatic heterocycles. The van der Waals surface area contributed by atoms with Crippen LogP contribution < -0.4 is 4.74 Å². The summed E-state index contributed by atoms with van der Waals surface area (Å²) in [5.41, 5.74) is 3.59. The maximum atomic E-state index is 13.1. The highest BCUT2D eigenvalue weighted by Gasteiger charge is 2.28. The highest BCUT2D eigenvalue weighted by atomic mass is 16.5. The SMILES string of the molecule is Cc1cc(C(=O)N2CCN(C(C#N)C(C)C)CC2)cc(C)c1OCc1cccnc1. The fourth-order valence-electron chi connectivity index (χ4n) is 3.98. The van der Waals surface area contributed by atoms with Crippen molar-refractivity contribution >= 4 is 5.91 Å².